The van der Waals surface area contributed by atoms with Crippen LogP contribution in [0.5, 0.6) is 0 Å². The number of thiazole rings is 1. The zero-order valence-electron chi connectivity index (χ0n) is 10.9. The molecule has 96 valence electrons. The molecular weight excluding hydrogens is 242 g/mol. The van der Waals surface area contributed by atoms with Crippen molar-refractivity contribution < 1.29 is 0 Å². The van der Waals surface area contributed by atoms with Gasteiger partial charge in [-0.1, -0.05) is 25.1 Å². The van der Waals surface area contributed by atoms with Gasteiger partial charge < -0.3 is 10.2 Å². The lowest BCUT2D eigenvalue weighted by Gasteiger charge is -2.21. The molecule has 0 saturated carbocycles. The van der Waals surface area contributed by atoms with Crippen LogP contribution in [0.3, 0.4) is 0 Å². The zero-order chi connectivity index (χ0) is 12.8. The van der Waals surface area contributed by atoms with E-state index in [1.165, 1.54) is 11.3 Å². The molecule has 0 atom stereocenters. The van der Waals surface area contributed by atoms with Gasteiger partial charge in [-0.2, -0.15) is 0 Å². The van der Waals surface area contributed by atoms with Crippen molar-refractivity contribution in [1.29, 1.82) is 0 Å². The summed E-state index contributed by atoms with van der Waals surface area (Å²) < 4.78 is 0. The van der Waals surface area contributed by atoms with Crippen LogP contribution in [-0.2, 0) is 13.1 Å². The van der Waals surface area contributed by atoms with Crippen LogP contribution in [-0.4, -0.2) is 18.6 Å². The number of nitrogens with zero attached hydrogens (tertiary/aromatic N) is 2. The normalized spacial score (nSPS) is 10.6. The Morgan fingerprint density at radius 2 is 2.17 bits per heavy atom. The van der Waals surface area contributed by atoms with Gasteiger partial charge in [-0.3, -0.25) is 0 Å². The van der Waals surface area contributed by atoms with Crippen LogP contribution < -0.4 is 10.2 Å². The Hall–Kier alpha value is -1.39. The largest absolute Gasteiger partial charge is 0.368 e. The van der Waals surface area contributed by atoms with Crippen molar-refractivity contribution in [2.24, 2.45) is 0 Å². The molecule has 1 heterocycles. The van der Waals surface area contributed by atoms with E-state index < -0.39 is 0 Å². The van der Waals surface area contributed by atoms with E-state index in [9.17, 15) is 0 Å². The van der Waals surface area contributed by atoms with Gasteiger partial charge in [0.2, 0.25) is 0 Å². The van der Waals surface area contributed by atoms with Crippen molar-refractivity contribution in [2.45, 2.75) is 20.0 Å². The maximum Gasteiger partial charge on any atom is 0.0795 e. The number of rotatable bonds is 6. The van der Waals surface area contributed by atoms with Gasteiger partial charge in [0, 0.05) is 24.7 Å². The van der Waals surface area contributed by atoms with Crippen molar-refractivity contribution in [3.05, 3.63) is 46.4 Å². The number of benzene rings is 1. The minimum Gasteiger partial charge on any atom is -0.368 e. The van der Waals surface area contributed by atoms with Crippen LogP contribution in [0, 0.1) is 0 Å². The molecule has 0 aliphatic heterocycles. The van der Waals surface area contributed by atoms with Crippen molar-refractivity contribution in [3.8, 4) is 0 Å². The Balaban J connectivity index is 2.11. The lowest BCUT2D eigenvalue weighted by molar-refractivity contribution is 0.722. The summed E-state index contributed by atoms with van der Waals surface area (Å²) in [6.45, 7) is 4.88. The number of anilines is 1. The first kappa shape index (κ1) is 13.1. The fourth-order valence-electron chi connectivity index (χ4n) is 1.94. The predicted molar refractivity (Wildman–Crippen MR) is 78.0 cm³/mol. The third-order valence-corrected chi connectivity index (χ3v) is 3.49. The first-order valence-electron chi connectivity index (χ1n) is 6.18. The summed E-state index contributed by atoms with van der Waals surface area (Å²) >= 11 is 1.64. The molecule has 0 bridgehead atoms. The lowest BCUT2D eigenvalue weighted by Crippen LogP contribution is -2.20. The van der Waals surface area contributed by atoms with Crippen molar-refractivity contribution >= 4 is 17.0 Å². The molecule has 0 radical (unpaired) electrons. The third-order valence-electron chi connectivity index (χ3n) is 2.85. The Morgan fingerprint density at radius 3 is 2.89 bits per heavy atom. The second-order valence-electron chi connectivity index (χ2n) is 4.24. The highest BCUT2D eigenvalue weighted by molar-refractivity contribution is 7.07. The molecule has 1 N–H and O–H groups in total. The monoisotopic (exact) mass is 261 g/mol. The summed E-state index contributed by atoms with van der Waals surface area (Å²) in [6.07, 6.45) is 0. The van der Waals surface area contributed by atoms with Crippen LogP contribution in [0.25, 0.3) is 0 Å². The number of nitrogens with one attached hydrogen (secondary N) is 1. The topological polar surface area (TPSA) is 28.2 Å². The van der Waals surface area contributed by atoms with Crippen LogP contribution in [0.4, 0.5) is 5.69 Å². The average molecular weight is 261 g/mol. The molecule has 0 aliphatic carbocycles. The molecule has 18 heavy (non-hydrogen) atoms. The van der Waals surface area contributed by atoms with Crippen LogP contribution in [0.15, 0.2) is 35.2 Å². The maximum atomic E-state index is 4.33. The van der Waals surface area contributed by atoms with Crippen LogP contribution in [0.1, 0.15) is 18.2 Å². The van der Waals surface area contributed by atoms with E-state index in [0.717, 1.165) is 25.3 Å². The van der Waals surface area contributed by atoms with Gasteiger partial charge in [-0.25, -0.2) is 4.98 Å². The molecule has 0 spiro atoms. The molecule has 2 rings (SSSR count). The molecule has 1 aromatic heterocycles. The molecule has 0 aliphatic rings. The van der Waals surface area contributed by atoms with Gasteiger partial charge in [0.1, 0.15) is 0 Å². The van der Waals surface area contributed by atoms with Gasteiger partial charge in [-0.15, -0.1) is 11.3 Å². The quantitative estimate of drug-likeness (QED) is 0.866. The SMILES string of the molecule is CCNCc1ccccc1N(C)Cc1cscn1. The second kappa shape index (κ2) is 6.52. The van der Waals surface area contributed by atoms with Crippen LogP contribution in [0.2, 0.25) is 0 Å². The predicted octanol–water partition coefficient (Wildman–Crippen LogP) is 2.89. The zero-order valence-corrected chi connectivity index (χ0v) is 11.7. The first-order valence-corrected chi connectivity index (χ1v) is 7.12. The van der Waals surface area contributed by atoms with Gasteiger partial charge in [0.05, 0.1) is 17.7 Å². The standard InChI is InChI=1S/C14H19N3S/c1-3-15-8-12-6-4-5-7-14(12)17(2)9-13-10-18-11-16-13/h4-7,10-11,15H,3,8-9H2,1-2H3. The van der Waals surface area contributed by atoms with Gasteiger partial charge in [0.25, 0.3) is 0 Å². The Kier molecular flexibility index (Phi) is 4.73. The highest BCUT2D eigenvalue weighted by Gasteiger charge is 2.07. The smallest absolute Gasteiger partial charge is 0.0795 e. The maximum absolute atomic E-state index is 4.33. The number of hydrogen-bond donors (Lipinski definition) is 1. The Labute approximate surface area is 112 Å². The molecule has 0 fully saturated rings. The third kappa shape index (κ3) is 3.31. The Morgan fingerprint density at radius 1 is 1.33 bits per heavy atom. The van der Waals surface area contributed by atoms with E-state index in [2.05, 4.69) is 58.8 Å². The summed E-state index contributed by atoms with van der Waals surface area (Å²) in [5.74, 6) is 0. The summed E-state index contributed by atoms with van der Waals surface area (Å²) in [6, 6.07) is 8.52. The second-order valence-corrected chi connectivity index (χ2v) is 4.96. The Bertz CT molecular complexity index is 468. The fraction of sp³-hybridized carbons (Fsp3) is 0.357. The van der Waals surface area contributed by atoms with Gasteiger partial charge in [0.15, 0.2) is 0 Å². The van der Waals surface area contributed by atoms with Gasteiger partial charge in [-0.05, 0) is 18.2 Å². The molecule has 1 aromatic carbocycles. The minimum absolute atomic E-state index is 0.854. The summed E-state index contributed by atoms with van der Waals surface area (Å²) in [5, 5.41) is 5.48. The molecule has 3 nitrogen and oxygen atoms in total. The molecule has 0 amide bonds. The van der Waals surface area contributed by atoms with Gasteiger partial charge >= 0.3 is 0 Å². The molecule has 0 saturated heterocycles. The summed E-state index contributed by atoms with van der Waals surface area (Å²) in [7, 11) is 2.12. The van der Waals surface area contributed by atoms with E-state index in [-0.39, 0.29) is 0 Å². The first-order chi connectivity index (χ1) is 8.81. The number of aromatic nitrogens is 1. The molecule has 2 aromatic rings. The van der Waals surface area contributed by atoms with E-state index >= 15 is 0 Å². The van der Waals surface area contributed by atoms with Crippen molar-refractivity contribution in [2.75, 3.05) is 18.5 Å². The number of hydrogen-bond acceptors (Lipinski definition) is 4. The molecule has 0 unspecified atom stereocenters. The lowest BCUT2D eigenvalue weighted by atomic mass is 10.1. The summed E-state index contributed by atoms with van der Waals surface area (Å²) in [4.78, 5) is 6.59. The van der Waals surface area contributed by atoms with Crippen molar-refractivity contribution in [3.63, 3.8) is 0 Å². The highest BCUT2D eigenvalue weighted by Crippen LogP contribution is 2.20. The van der Waals surface area contributed by atoms with E-state index in [0.29, 0.717) is 0 Å². The van der Waals surface area contributed by atoms with E-state index in [4.69, 9.17) is 0 Å². The fourth-order valence-corrected chi connectivity index (χ4v) is 2.49. The van der Waals surface area contributed by atoms with Crippen LogP contribution >= 0.6 is 11.3 Å². The van der Waals surface area contributed by atoms with E-state index in [1.807, 2.05) is 5.51 Å². The minimum atomic E-state index is 0.854. The van der Waals surface area contributed by atoms with E-state index in [1.54, 1.807) is 11.3 Å². The highest BCUT2D eigenvalue weighted by atomic mass is 32.1. The molecule has 4 heteroatoms. The average Bonchev–Trinajstić information content (AvgIpc) is 2.89. The molecular formula is C14H19N3S. The summed E-state index contributed by atoms with van der Waals surface area (Å²) in [5.41, 5.74) is 5.61. The van der Waals surface area contributed by atoms with Crippen molar-refractivity contribution in [1.82, 2.24) is 10.3 Å². The number of para-hydroxylation sites is 1.